The first-order chi connectivity index (χ1) is 11.6. The number of nitrogens with zero attached hydrogens (tertiary/aromatic N) is 2. The predicted octanol–water partition coefficient (Wildman–Crippen LogP) is 2.91. The third kappa shape index (κ3) is 3.15. The number of benzene rings is 1. The Kier molecular flexibility index (Phi) is 4.35. The third-order valence-corrected chi connectivity index (χ3v) is 5.36. The molecule has 1 aromatic carbocycles. The zero-order chi connectivity index (χ0) is 18.4. The molecule has 1 unspecified atom stereocenters. The molecular weight excluding hydrogens is 321 g/mol. The number of rotatable bonds is 4. The van der Waals surface area contributed by atoms with E-state index >= 15 is 0 Å². The summed E-state index contributed by atoms with van der Waals surface area (Å²) < 4.78 is 19.7. The Morgan fingerprint density at radius 2 is 2.04 bits per heavy atom. The Hall–Kier alpha value is -1.95. The van der Waals surface area contributed by atoms with Crippen molar-refractivity contribution in [2.24, 2.45) is 15.8 Å². The molecule has 0 saturated carbocycles. The standard InChI is InChI=1S/C19H26FN3O2/c1-12-18(2,3)17(24)23(5)16(22-12)14-8-13(6-7-15(14)20)21-9-19(4)10-25-11-19/h6-8,12,21H,9-11H2,1-5H3. The van der Waals surface area contributed by atoms with Crippen molar-refractivity contribution >= 4 is 17.4 Å². The van der Waals surface area contributed by atoms with Gasteiger partial charge in [-0.05, 0) is 39.0 Å². The minimum absolute atomic E-state index is 0.0538. The lowest BCUT2D eigenvalue weighted by Crippen LogP contribution is -2.51. The molecule has 0 aliphatic carbocycles. The van der Waals surface area contributed by atoms with E-state index in [1.54, 1.807) is 19.2 Å². The van der Waals surface area contributed by atoms with Gasteiger partial charge >= 0.3 is 0 Å². The highest BCUT2D eigenvalue weighted by molar-refractivity contribution is 6.11. The summed E-state index contributed by atoms with van der Waals surface area (Å²) in [7, 11) is 1.65. The Bertz CT molecular complexity index is 725. The summed E-state index contributed by atoms with van der Waals surface area (Å²) in [5, 5.41) is 3.34. The molecule has 1 atom stereocenters. The maximum atomic E-state index is 14.5. The van der Waals surface area contributed by atoms with Gasteiger partial charge in [-0.25, -0.2) is 4.39 Å². The number of nitrogens with one attached hydrogen (secondary N) is 1. The highest BCUT2D eigenvalue weighted by Crippen LogP contribution is 2.32. The predicted molar refractivity (Wildman–Crippen MR) is 96.4 cm³/mol. The van der Waals surface area contributed by atoms with E-state index in [2.05, 4.69) is 17.2 Å². The van der Waals surface area contributed by atoms with Gasteiger partial charge in [0, 0.05) is 24.7 Å². The fourth-order valence-electron chi connectivity index (χ4n) is 3.06. The number of anilines is 1. The number of halogens is 1. The lowest BCUT2D eigenvalue weighted by Gasteiger charge is -2.39. The highest BCUT2D eigenvalue weighted by Gasteiger charge is 2.42. The van der Waals surface area contributed by atoms with Crippen LogP contribution in [0.4, 0.5) is 10.1 Å². The molecule has 1 saturated heterocycles. The number of amides is 1. The molecule has 1 N–H and O–H groups in total. The number of carbonyl (C=O) groups is 1. The molecule has 1 amide bonds. The number of hydrogen-bond acceptors (Lipinski definition) is 4. The number of amidine groups is 1. The van der Waals surface area contributed by atoms with Gasteiger partial charge in [-0.1, -0.05) is 6.92 Å². The minimum Gasteiger partial charge on any atom is -0.384 e. The molecule has 0 bridgehead atoms. The molecule has 25 heavy (non-hydrogen) atoms. The van der Waals surface area contributed by atoms with Gasteiger partial charge in [-0.2, -0.15) is 0 Å². The topological polar surface area (TPSA) is 53.9 Å². The molecule has 2 aliphatic heterocycles. The van der Waals surface area contributed by atoms with E-state index in [1.165, 1.54) is 11.0 Å². The molecule has 0 radical (unpaired) electrons. The van der Waals surface area contributed by atoms with Gasteiger partial charge in [-0.15, -0.1) is 0 Å². The lowest BCUT2D eigenvalue weighted by molar-refractivity contribution is -0.137. The number of aliphatic imine (C=N–C) groups is 1. The van der Waals surface area contributed by atoms with Crippen molar-refractivity contribution in [2.75, 3.05) is 32.1 Å². The van der Waals surface area contributed by atoms with Gasteiger partial charge in [0.2, 0.25) is 5.91 Å². The first-order valence-corrected chi connectivity index (χ1v) is 8.61. The minimum atomic E-state index is -0.594. The largest absolute Gasteiger partial charge is 0.384 e. The van der Waals surface area contributed by atoms with Crippen LogP contribution >= 0.6 is 0 Å². The highest BCUT2D eigenvalue weighted by atomic mass is 19.1. The molecule has 6 heteroatoms. The van der Waals surface area contributed by atoms with Crippen LogP contribution in [0, 0.1) is 16.6 Å². The zero-order valence-electron chi connectivity index (χ0n) is 15.5. The fourth-order valence-corrected chi connectivity index (χ4v) is 3.06. The van der Waals surface area contributed by atoms with Gasteiger partial charge in [-0.3, -0.25) is 14.7 Å². The SMILES string of the molecule is CC1N=C(c2cc(NCC3(C)COC3)ccc2F)N(C)C(=O)C1(C)C. The Morgan fingerprint density at radius 3 is 2.64 bits per heavy atom. The Balaban J connectivity index is 1.88. The molecule has 3 rings (SSSR count). The molecular formula is C19H26FN3O2. The van der Waals surface area contributed by atoms with Crippen molar-refractivity contribution in [1.82, 2.24) is 4.90 Å². The molecule has 0 aromatic heterocycles. The van der Waals surface area contributed by atoms with Gasteiger partial charge in [0.15, 0.2) is 0 Å². The number of ether oxygens (including phenoxy) is 1. The van der Waals surface area contributed by atoms with Crippen LogP contribution in [0.5, 0.6) is 0 Å². The second-order valence-electron chi connectivity index (χ2n) is 8.07. The van der Waals surface area contributed by atoms with Crippen molar-refractivity contribution in [3.63, 3.8) is 0 Å². The molecule has 136 valence electrons. The summed E-state index contributed by atoms with van der Waals surface area (Å²) in [6.07, 6.45) is 0. The van der Waals surface area contributed by atoms with E-state index in [-0.39, 0.29) is 23.2 Å². The van der Waals surface area contributed by atoms with Crippen LogP contribution in [-0.4, -0.2) is 49.5 Å². The second kappa shape index (κ2) is 6.09. The van der Waals surface area contributed by atoms with Crippen molar-refractivity contribution in [3.05, 3.63) is 29.6 Å². The van der Waals surface area contributed by atoms with Crippen molar-refractivity contribution < 1.29 is 13.9 Å². The fraction of sp³-hybridized carbons (Fsp3) is 0.579. The molecule has 1 fully saturated rings. The maximum absolute atomic E-state index is 14.5. The van der Waals surface area contributed by atoms with E-state index in [0.29, 0.717) is 11.4 Å². The normalized spacial score (nSPS) is 24.6. The van der Waals surface area contributed by atoms with Gasteiger partial charge in [0.25, 0.3) is 0 Å². The van der Waals surface area contributed by atoms with E-state index < -0.39 is 5.41 Å². The maximum Gasteiger partial charge on any atom is 0.235 e. The average Bonchev–Trinajstić information content (AvgIpc) is 2.54. The first-order valence-electron chi connectivity index (χ1n) is 8.61. The second-order valence-corrected chi connectivity index (χ2v) is 8.07. The van der Waals surface area contributed by atoms with Gasteiger partial charge in [0.1, 0.15) is 11.7 Å². The zero-order valence-corrected chi connectivity index (χ0v) is 15.5. The lowest BCUT2D eigenvalue weighted by atomic mass is 9.82. The van der Waals surface area contributed by atoms with Crippen LogP contribution in [0.1, 0.15) is 33.3 Å². The van der Waals surface area contributed by atoms with E-state index in [9.17, 15) is 9.18 Å². The van der Waals surface area contributed by atoms with Gasteiger partial charge < -0.3 is 10.1 Å². The van der Waals surface area contributed by atoms with Crippen molar-refractivity contribution in [3.8, 4) is 0 Å². The molecule has 1 aromatic rings. The number of carbonyl (C=O) groups excluding carboxylic acids is 1. The van der Waals surface area contributed by atoms with Gasteiger partial charge in [0.05, 0.1) is 30.2 Å². The van der Waals surface area contributed by atoms with E-state index in [0.717, 1.165) is 25.4 Å². The van der Waals surface area contributed by atoms with Crippen molar-refractivity contribution in [1.29, 1.82) is 0 Å². The Labute approximate surface area is 148 Å². The summed E-state index contributed by atoms with van der Waals surface area (Å²) in [4.78, 5) is 18.7. The molecule has 5 nitrogen and oxygen atoms in total. The van der Waals surface area contributed by atoms with Crippen LogP contribution in [-0.2, 0) is 9.53 Å². The third-order valence-electron chi connectivity index (χ3n) is 5.36. The average molecular weight is 347 g/mol. The van der Waals surface area contributed by atoms with Crippen LogP contribution in [0.15, 0.2) is 23.2 Å². The summed E-state index contributed by atoms with van der Waals surface area (Å²) in [5.41, 5.74) is 0.676. The summed E-state index contributed by atoms with van der Waals surface area (Å²) in [6, 6.07) is 4.64. The Morgan fingerprint density at radius 1 is 1.36 bits per heavy atom. The smallest absolute Gasteiger partial charge is 0.235 e. The monoisotopic (exact) mass is 347 g/mol. The summed E-state index contributed by atoms with van der Waals surface area (Å²) in [5.74, 6) is -0.0490. The number of hydrogen-bond donors (Lipinski definition) is 1. The summed E-state index contributed by atoms with van der Waals surface area (Å²) in [6.45, 7) is 9.98. The van der Waals surface area contributed by atoms with E-state index in [4.69, 9.17) is 4.74 Å². The summed E-state index contributed by atoms with van der Waals surface area (Å²) >= 11 is 0. The van der Waals surface area contributed by atoms with Crippen molar-refractivity contribution in [2.45, 2.75) is 33.7 Å². The quantitative estimate of drug-likeness (QED) is 0.911. The van der Waals surface area contributed by atoms with E-state index in [1.807, 2.05) is 20.8 Å². The molecule has 2 aliphatic rings. The van der Waals surface area contributed by atoms with Crippen LogP contribution in [0.3, 0.4) is 0 Å². The molecule has 0 spiro atoms. The first kappa shape index (κ1) is 17.9. The van der Waals surface area contributed by atoms with Crippen LogP contribution in [0.25, 0.3) is 0 Å². The molecule has 2 heterocycles. The van der Waals surface area contributed by atoms with Crippen LogP contribution < -0.4 is 5.32 Å². The van der Waals surface area contributed by atoms with Crippen LogP contribution in [0.2, 0.25) is 0 Å².